The van der Waals surface area contributed by atoms with Crippen molar-refractivity contribution in [1.82, 2.24) is 15.6 Å². The number of para-hydroxylation sites is 1. The highest BCUT2D eigenvalue weighted by Crippen LogP contribution is 2.35. The normalized spacial score (nSPS) is 18.9. The first-order chi connectivity index (χ1) is 15.1. The fraction of sp³-hybridized carbons (Fsp3) is 0.227. The van der Waals surface area contributed by atoms with Crippen molar-refractivity contribution in [3.05, 3.63) is 59.4 Å². The number of nitrogens with zero attached hydrogens (tertiary/aromatic N) is 2. The van der Waals surface area contributed by atoms with E-state index >= 15 is 0 Å². The van der Waals surface area contributed by atoms with E-state index in [9.17, 15) is 14.3 Å². The van der Waals surface area contributed by atoms with Crippen LogP contribution >= 0.6 is 0 Å². The third-order valence-electron chi connectivity index (χ3n) is 5.37. The molecule has 4 N–H and O–H groups in total. The minimum atomic E-state index is -0.434. The average Bonchev–Trinajstić information content (AvgIpc) is 3.45. The number of carbonyl (C=O) groups is 1. The zero-order valence-electron chi connectivity index (χ0n) is 16.5. The van der Waals surface area contributed by atoms with Crippen molar-refractivity contribution >= 4 is 33.9 Å². The molecular formula is C22H20FN5O3. The van der Waals surface area contributed by atoms with Crippen molar-refractivity contribution in [3.8, 4) is 5.88 Å². The second-order valence-corrected chi connectivity index (χ2v) is 7.49. The van der Waals surface area contributed by atoms with Gasteiger partial charge in [0.05, 0.1) is 11.3 Å². The van der Waals surface area contributed by atoms with Crippen LogP contribution in [0.1, 0.15) is 17.5 Å². The van der Waals surface area contributed by atoms with Crippen LogP contribution < -0.4 is 10.6 Å². The molecule has 2 aliphatic heterocycles. The number of benzene rings is 2. The third-order valence-corrected chi connectivity index (χ3v) is 5.37. The van der Waals surface area contributed by atoms with Gasteiger partial charge in [-0.25, -0.2) is 9.38 Å². The van der Waals surface area contributed by atoms with Crippen LogP contribution in [0.5, 0.6) is 5.88 Å². The second kappa shape index (κ2) is 7.84. The van der Waals surface area contributed by atoms with Crippen LogP contribution in [-0.4, -0.2) is 53.2 Å². The Bertz CT molecular complexity index is 1230. The quantitative estimate of drug-likeness (QED) is 0.474. The van der Waals surface area contributed by atoms with Gasteiger partial charge >= 0.3 is 0 Å². The number of nitrogens with one attached hydrogen (secondary N) is 3. The monoisotopic (exact) mass is 421 g/mol. The molecule has 31 heavy (non-hydrogen) atoms. The van der Waals surface area contributed by atoms with E-state index in [1.807, 2.05) is 24.3 Å². The molecular weight excluding hydrogens is 401 g/mol. The van der Waals surface area contributed by atoms with Crippen LogP contribution in [0, 0.1) is 5.82 Å². The van der Waals surface area contributed by atoms with E-state index in [0.717, 1.165) is 19.5 Å². The SMILES string of the molecule is O=C(CON=C1C(c2c(O)[nH]c3ccc(F)cc23)=Nc2ccccc21)NC1CCNC1. The standard InChI is InChI=1S/C22H20FN5O3/c23-12-5-6-17-15(9-12)19(22(30)27-17)21-20(14-3-1-2-4-16(14)26-21)28-31-11-18(29)25-13-7-8-24-10-13/h1-6,9,13,24,27,30H,7-8,10-11H2,(H,25,29). The smallest absolute Gasteiger partial charge is 0.261 e. The van der Waals surface area contributed by atoms with Crippen molar-refractivity contribution in [1.29, 1.82) is 0 Å². The van der Waals surface area contributed by atoms with E-state index in [4.69, 9.17) is 4.84 Å². The number of aromatic nitrogens is 1. The summed E-state index contributed by atoms with van der Waals surface area (Å²) in [5.74, 6) is -0.845. The molecule has 3 heterocycles. The Labute approximate surface area is 176 Å². The molecule has 9 heteroatoms. The number of amides is 1. The summed E-state index contributed by atoms with van der Waals surface area (Å²) >= 11 is 0. The van der Waals surface area contributed by atoms with Crippen LogP contribution in [0.25, 0.3) is 10.9 Å². The highest BCUT2D eigenvalue weighted by atomic mass is 19.1. The van der Waals surface area contributed by atoms with E-state index in [1.165, 1.54) is 12.1 Å². The van der Waals surface area contributed by atoms with Crippen molar-refractivity contribution < 1.29 is 19.1 Å². The summed E-state index contributed by atoms with van der Waals surface area (Å²) in [4.78, 5) is 24.9. The van der Waals surface area contributed by atoms with Gasteiger partial charge in [0.15, 0.2) is 12.5 Å². The zero-order valence-corrected chi connectivity index (χ0v) is 16.5. The maximum absolute atomic E-state index is 13.9. The molecule has 2 aromatic carbocycles. The number of carbonyl (C=O) groups excluding carboxylic acids is 1. The number of hydrogen-bond acceptors (Lipinski definition) is 6. The number of oxime groups is 1. The molecule has 0 bridgehead atoms. The zero-order chi connectivity index (χ0) is 21.4. The molecule has 1 aromatic heterocycles. The number of aliphatic imine (C=N–C) groups is 1. The van der Waals surface area contributed by atoms with E-state index in [2.05, 4.69) is 25.8 Å². The van der Waals surface area contributed by atoms with Gasteiger partial charge in [0.2, 0.25) is 0 Å². The van der Waals surface area contributed by atoms with Crippen LogP contribution in [0.15, 0.2) is 52.6 Å². The molecule has 3 aromatic rings. The average molecular weight is 421 g/mol. The summed E-state index contributed by atoms with van der Waals surface area (Å²) in [6.07, 6.45) is 0.876. The molecule has 0 spiro atoms. The molecule has 2 aliphatic rings. The van der Waals surface area contributed by atoms with E-state index in [1.54, 1.807) is 6.07 Å². The number of H-pyrrole nitrogens is 1. The Morgan fingerprint density at radius 2 is 2.19 bits per heavy atom. The lowest BCUT2D eigenvalue weighted by Crippen LogP contribution is -2.38. The third kappa shape index (κ3) is 3.64. The van der Waals surface area contributed by atoms with Crippen molar-refractivity contribution in [2.45, 2.75) is 12.5 Å². The van der Waals surface area contributed by atoms with Gasteiger partial charge in [-0.2, -0.15) is 0 Å². The minimum absolute atomic E-state index is 0.0890. The lowest BCUT2D eigenvalue weighted by atomic mass is 10.0. The largest absolute Gasteiger partial charge is 0.494 e. The number of fused-ring (bicyclic) bond motifs is 2. The van der Waals surface area contributed by atoms with Crippen LogP contribution in [0.2, 0.25) is 0 Å². The number of rotatable bonds is 5. The topological polar surface area (TPSA) is 111 Å². The molecule has 0 saturated carbocycles. The highest BCUT2D eigenvalue weighted by Gasteiger charge is 2.29. The van der Waals surface area contributed by atoms with E-state index < -0.39 is 5.82 Å². The van der Waals surface area contributed by atoms with Gasteiger partial charge in [-0.3, -0.25) is 4.79 Å². The molecule has 1 atom stereocenters. The van der Waals surface area contributed by atoms with Gasteiger partial charge in [0, 0.05) is 29.1 Å². The molecule has 8 nitrogen and oxygen atoms in total. The molecule has 1 unspecified atom stereocenters. The molecule has 158 valence electrons. The Balaban J connectivity index is 1.46. The fourth-order valence-corrected chi connectivity index (χ4v) is 3.93. The van der Waals surface area contributed by atoms with E-state index in [-0.39, 0.29) is 24.4 Å². The summed E-state index contributed by atoms with van der Waals surface area (Å²) in [6, 6.07) is 11.6. The number of aromatic hydroxyl groups is 1. The van der Waals surface area contributed by atoms with Crippen molar-refractivity contribution in [2.24, 2.45) is 10.1 Å². The van der Waals surface area contributed by atoms with Gasteiger partial charge in [-0.15, -0.1) is 0 Å². The van der Waals surface area contributed by atoms with Crippen LogP contribution in [0.4, 0.5) is 10.1 Å². The first kappa shape index (κ1) is 19.3. The lowest BCUT2D eigenvalue weighted by Gasteiger charge is -2.10. The number of aromatic amines is 1. The Morgan fingerprint density at radius 3 is 3.03 bits per heavy atom. The summed E-state index contributed by atoms with van der Waals surface area (Å²) in [5.41, 5.74) is 2.95. The van der Waals surface area contributed by atoms with Gasteiger partial charge in [-0.1, -0.05) is 23.4 Å². The molecule has 1 fully saturated rings. The molecule has 0 radical (unpaired) electrons. The van der Waals surface area contributed by atoms with Gasteiger partial charge in [0.25, 0.3) is 5.91 Å². The summed E-state index contributed by atoms with van der Waals surface area (Å²) < 4.78 is 13.9. The van der Waals surface area contributed by atoms with Crippen LogP contribution in [0.3, 0.4) is 0 Å². The second-order valence-electron chi connectivity index (χ2n) is 7.49. The number of hydrogen-bond donors (Lipinski definition) is 4. The highest BCUT2D eigenvalue weighted by molar-refractivity contribution is 6.58. The predicted molar refractivity (Wildman–Crippen MR) is 114 cm³/mol. The lowest BCUT2D eigenvalue weighted by molar-refractivity contribution is -0.126. The molecule has 1 amide bonds. The summed E-state index contributed by atoms with van der Waals surface area (Å²) in [5, 5.41) is 21.3. The molecule has 5 rings (SSSR count). The molecule has 1 saturated heterocycles. The minimum Gasteiger partial charge on any atom is -0.494 e. The summed E-state index contributed by atoms with van der Waals surface area (Å²) in [7, 11) is 0. The predicted octanol–water partition coefficient (Wildman–Crippen LogP) is 2.35. The van der Waals surface area contributed by atoms with Gasteiger partial charge in [0.1, 0.15) is 17.2 Å². The fourth-order valence-electron chi connectivity index (χ4n) is 3.93. The van der Waals surface area contributed by atoms with Crippen molar-refractivity contribution in [2.75, 3.05) is 19.7 Å². The van der Waals surface area contributed by atoms with Gasteiger partial charge in [-0.05, 0) is 37.2 Å². The molecule has 0 aliphatic carbocycles. The Kier molecular flexibility index (Phi) is 4.87. The van der Waals surface area contributed by atoms with Crippen LogP contribution in [-0.2, 0) is 9.63 Å². The number of halogens is 1. The van der Waals surface area contributed by atoms with Crippen molar-refractivity contribution in [3.63, 3.8) is 0 Å². The first-order valence-corrected chi connectivity index (χ1v) is 9.99. The Morgan fingerprint density at radius 1 is 1.32 bits per heavy atom. The maximum Gasteiger partial charge on any atom is 0.261 e. The summed E-state index contributed by atoms with van der Waals surface area (Å²) in [6.45, 7) is 1.37. The maximum atomic E-state index is 13.9. The van der Waals surface area contributed by atoms with E-state index in [0.29, 0.717) is 39.1 Å². The van der Waals surface area contributed by atoms with Gasteiger partial charge < -0.3 is 25.6 Å². The first-order valence-electron chi connectivity index (χ1n) is 9.99. The Hall–Kier alpha value is -3.72.